The van der Waals surface area contributed by atoms with Crippen molar-refractivity contribution in [3.05, 3.63) is 63.9 Å². The summed E-state index contributed by atoms with van der Waals surface area (Å²) < 4.78 is 39.2. The Morgan fingerprint density at radius 3 is 2.27 bits per heavy atom. The molecule has 2 rings (SSSR count). The summed E-state index contributed by atoms with van der Waals surface area (Å²) in [4.78, 5) is 27.9. The number of amides is 2. The lowest BCUT2D eigenvalue weighted by Crippen LogP contribution is -2.49. The maximum Gasteiger partial charge on any atom is 0.242 e. The van der Waals surface area contributed by atoms with Crippen LogP contribution in [0.15, 0.2) is 42.5 Å². The van der Waals surface area contributed by atoms with Gasteiger partial charge in [-0.2, -0.15) is 0 Å². The molecule has 0 saturated heterocycles. The van der Waals surface area contributed by atoms with E-state index in [2.05, 4.69) is 5.32 Å². The zero-order valence-electron chi connectivity index (χ0n) is 21.3. The fourth-order valence-electron chi connectivity index (χ4n) is 3.87. The molecule has 0 fully saturated rings. The van der Waals surface area contributed by atoms with Crippen LogP contribution in [0.4, 0.5) is 10.1 Å². The molecule has 0 saturated carbocycles. The second-order valence-corrected chi connectivity index (χ2v) is 11.5. The van der Waals surface area contributed by atoms with Crippen LogP contribution in [0.5, 0.6) is 0 Å². The van der Waals surface area contributed by atoms with Crippen molar-refractivity contribution in [2.45, 2.75) is 58.5 Å². The van der Waals surface area contributed by atoms with E-state index in [1.54, 1.807) is 18.2 Å². The number of carbonyl (C=O) groups excluding carboxylic acids is 2. The molecular formula is C26H34Cl2FN3O4S. The maximum absolute atomic E-state index is 13.4. The van der Waals surface area contributed by atoms with Crippen LogP contribution in [-0.4, -0.2) is 50.5 Å². The number of anilines is 1. The van der Waals surface area contributed by atoms with Gasteiger partial charge in [0, 0.05) is 26.1 Å². The van der Waals surface area contributed by atoms with Gasteiger partial charge in [0.2, 0.25) is 21.8 Å². The number of unbranched alkanes of at least 4 members (excludes halogenated alkanes) is 1. The molecule has 1 atom stereocenters. The molecule has 0 aliphatic rings. The molecule has 2 aromatic carbocycles. The SMILES string of the molecule is CCCCNC(=O)[C@@H](CC)N(Cc1ccc(Cl)c(Cl)c1)C(=O)CCCN(c1ccc(F)cc1)S(C)(=O)=O. The van der Waals surface area contributed by atoms with Crippen LogP contribution in [0, 0.1) is 5.82 Å². The van der Waals surface area contributed by atoms with Gasteiger partial charge >= 0.3 is 0 Å². The van der Waals surface area contributed by atoms with E-state index >= 15 is 0 Å². The molecule has 0 bridgehead atoms. The van der Waals surface area contributed by atoms with Gasteiger partial charge in [0.1, 0.15) is 11.9 Å². The van der Waals surface area contributed by atoms with Crippen molar-refractivity contribution < 1.29 is 22.4 Å². The summed E-state index contributed by atoms with van der Waals surface area (Å²) >= 11 is 12.2. The number of sulfonamides is 1. The van der Waals surface area contributed by atoms with Crippen molar-refractivity contribution in [2.24, 2.45) is 0 Å². The Hall–Kier alpha value is -2.36. The van der Waals surface area contributed by atoms with Gasteiger partial charge in [0.15, 0.2) is 0 Å². The van der Waals surface area contributed by atoms with Gasteiger partial charge in [-0.25, -0.2) is 12.8 Å². The second kappa shape index (κ2) is 14.5. The zero-order valence-corrected chi connectivity index (χ0v) is 23.7. The Morgan fingerprint density at radius 1 is 1.03 bits per heavy atom. The third-order valence-corrected chi connectivity index (χ3v) is 7.75. The molecule has 0 heterocycles. The lowest BCUT2D eigenvalue weighted by atomic mass is 10.1. The first-order valence-corrected chi connectivity index (χ1v) is 14.8. The number of nitrogens with one attached hydrogen (secondary N) is 1. The highest BCUT2D eigenvalue weighted by atomic mass is 35.5. The van der Waals surface area contributed by atoms with Crippen molar-refractivity contribution in [1.82, 2.24) is 10.2 Å². The summed E-state index contributed by atoms with van der Waals surface area (Å²) in [5, 5.41) is 3.62. The van der Waals surface area contributed by atoms with Crippen LogP contribution in [0.25, 0.3) is 0 Å². The number of nitrogens with zero attached hydrogens (tertiary/aromatic N) is 2. The average molecular weight is 575 g/mol. The first-order valence-electron chi connectivity index (χ1n) is 12.2. The standard InChI is InChI=1S/C26H34Cl2FN3O4S/c1-4-6-15-30-26(34)24(5-2)31(18-19-9-14-22(27)23(28)17-19)25(33)8-7-16-32(37(3,35)36)21-12-10-20(29)11-13-21/h9-14,17,24H,4-8,15-16,18H2,1-3H3,(H,30,34)/t24-/m1/s1. The number of carbonyl (C=O) groups is 2. The summed E-state index contributed by atoms with van der Waals surface area (Å²) in [5.74, 6) is -1.02. The molecule has 2 amide bonds. The van der Waals surface area contributed by atoms with Crippen molar-refractivity contribution in [3.8, 4) is 0 Å². The monoisotopic (exact) mass is 573 g/mol. The summed E-state index contributed by atoms with van der Waals surface area (Å²) in [7, 11) is -3.66. The van der Waals surface area contributed by atoms with Crippen LogP contribution in [-0.2, 0) is 26.2 Å². The molecule has 11 heteroatoms. The molecule has 7 nitrogen and oxygen atoms in total. The quantitative estimate of drug-likeness (QED) is 0.306. The molecule has 0 aromatic heterocycles. The van der Waals surface area contributed by atoms with Crippen LogP contribution in [0.2, 0.25) is 10.0 Å². The van der Waals surface area contributed by atoms with Crippen LogP contribution in [0.3, 0.4) is 0 Å². The fraction of sp³-hybridized carbons (Fsp3) is 0.462. The van der Waals surface area contributed by atoms with Crippen molar-refractivity contribution in [2.75, 3.05) is 23.7 Å². The summed E-state index contributed by atoms with van der Waals surface area (Å²) in [6.45, 7) is 4.54. The highest BCUT2D eigenvalue weighted by molar-refractivity contribution is 7.92. The van der Waals surface area contributed by atoms with Gasteiger partial charge in [0.05, 0.1) is 22.0 Å². The molecular weight excluding hydrogens is 540 g/mol. The van der Waals surface area contributed by atoms with Crippen LogP contribution >= 0.6 is 23.2 Å². The Labute approximate surface area is 229 Å². The zero-order chi connectivity index (χ0) is 27.6. The normalized spacial score (nSPS) is 12.2. The molecule has 37 heavy (non-hydrogen) atoms. The van der Waals surface area contributed by atoms with Crippen molar-refractivity contribution in [3.63, 3.8) is 0 Å². The Balaban J connectivity index is 2.21. The number of hydrogen-bond acceptors (Lipinski definition) is 4. The summed E-state index contributed by atoms with van der Waals surface area (Å²) in [6.07, 6.45) is 3.42. The average Bonchev–Trinajstić information content (AvgIpc) is 2.84. The third-order valence-electron chi connectivity index (χ3n) is 5.82. The lowest BCUT2D eigenvalue weighted by molar-refractivity contribution is -0.141. The molecule has 204 valence electrons. The largest absolute Gasteiger partial charge is 0.354 e. The third kappa shape index (κ3) is 9.47. The van der Waals surface area contributed by atoms with E-state index in [4.69, 9.17) is 23.2 Å². The number of rotatable bonds is 14. The van der Waals surface area contributed by atoms with Gasteiger partial charge in [-0.05, 0) is 61.2 Å². The Morgan fingerprint density at radius 2 is 1.70 bits per heavy atom. The van der Waals surface area contributed by atoms with Gasteiger partial charge < -0.3 is 10.2 Å². The van der Waals surface area contributed by atoms with E-state index in [9.17, 15) is 22.4 Å². The molecule has 2 aromatic rings. The minimum absolute atomic E-state index is 0.00722. The molecule has 1 N–H and O–H groups in total. The molecule has 0 radical (unpaired) electrons. The van der Waals surface area contributed by atoms with E-state index in [0.29, 0.717) is 34.3 Å². The minimum atomic E-state index is -3.66. The molecule has 0 aliphatic carbocycles. The number of benzene rings is 2. The highest BCUT2D eigenvalue weighted by Gasteiger charge is 2.29. The smallest absolute Gasteiger partial charge is 0.242 e. The van der Waals surface area contributed by atoms with E-state index in [0.717, 1.165) is 23.4 Å². The van der Waals surface area contributed by atoms with E-state index in [1.165, 1.54) is 29.2 Å². The van der Waals surface area contributed by atoms with E-state index in [-0.39, 0.29) is 37.7 Å². The molecule has 0 unspecified atom stereocenters. The lowest BCUT2D eigenvalue weighted by Gasteiger charge is -2.31. The van der Waals surface area contributed by atoms with E-state index < -0.39 is 21.9 Å². The number of halogens is 3. The Kier molecular flexibility index (Phi) is 12.1. The first kappa shape index (κ1) is 30.9. The predicted molar refractivity (Wildman–Crippen MR) is 147 cm³/mol. The van der Waals surface area contributed by atoms with Gasteiger partial charge in [-0.15, -0.1) is 0 Å². The topological polar surface area (TPSA) is 86.8 Å². The number of hydrogen-bond donors (Lipinski definition) is 1. The molecule has 0 aliphatic heterocycles. The van der Waals surface area contributed by atoms with Crippen molar-refractivity contribution >= 4 is 50.7 Å². The van der Waals surface area contributed by atoms with E-state index in [1.807, 2.05) is 13.8 Å². The van der Waals surface area contributed by atoms with Gasteiger partial charge in [-0.1, -0.05) is 49.5 Å². The van der Waals surface area contributed by atoms with Crippen LogP contribution < -0.4 is 9.62 Å². The molecule has 0 spiro atoms. The first-order chi connectivity index (χ1) is 17.5. The predicted octanol–water partition coefficient (Wildman–Crippen LogP) is 5.40. The second-order valence-electron chi connectivity index (χ2n) is 8.75. The van der Waals surface area contributed by atoms with Gasteiger partial charge in [-0.3, -0.25) is 13.9 Å². The van der Waals surface area contributed by atoms with Gasteiger partial charge in [0.25, 0.3) is 0 Å². The highest BCUT2D eigenvalue weighted by Crippen LogP contribution is 2.25. The fourth-order valence-corrected chi connectivity index (χ4v) is 5.16. The van der Waals surface area contributed by atoms with Crippen molar-refractivity contribution in [1.29, 1.82) is 0 Å². The summed E-state index contributed by atoms with van der Waals surface area (Å²) in [6, 6.07) is 9.45. The maximum atomic E-state index is 13.4. The minimum Gasteiger partial charge on any atom is -0.354 e. The Bertz CT molecular complexity index is 1160. The van der Waals surface area contributed by atoms with Crippen LogP contribution in [0.1, 0.15) is 51.5 Å². The summed E-state index contributed by atoms with van der Waals surface area (Å²) in [5.41, 5.74) is 1.03.